The second-order valence-corrected chi connectivity index (χ2v) is 4.19. The van der Waals surface area contributed by atoms with Gasteiger partial charge in [0.15, 0.2) is 0 Å². The third kappa shape index (κ3) is 2.18. The van der Waals surface area contributed by atoms with Gasteiger partial charge in [0.2, 0.25) is 0 Å². The molecule has 3 heteroatoms. The van der Waals surface area contributed by atoms with Crippen molar-refractivity contribution < 1.29 is 4.79 Å². The number of aromatic nitrogens is 1. The lowest BCUT2D eigenvalue weighted by molar-refractivity contribution is 0.0814. The van der Waals surface area contributed by atoms with Gasteiger partial charge in [-0.3, -0.25) is 9.78 Å². The summed E-state index contributed by atoms with van der Waals surface area (Å²) in [5, 5.41) is 0.858. The van der Waals surface area contributed by atoms with Crippen LogP contribution in [0.4, 0.5) is 0 Å². The van der Waals surface area contributed by atoms with Crippen molar-refractivity contribution in [3.8, 4) is 12.3 Å². The Balaban J connectivity index is 2.57. The third-order valence-electron chi connectivity index (χ3n) is 2.75. The van der Waals surface area contributed by atoms with Gasteiger partial charge in [-0.2, -0.15) is 0 Å². The zero-order chi connectivity index (χ0) is 13.1. The third-order valence-corrected chi connectivity index (χ3v) is 2.75. The lowest BCUT2D eigenvalue weighted by atomic mass is 10.1. The van der Waals surface area contributed by atoms with E-state index in [9.17, 15) is 4.79 Å². The molecule has 0 aliphatic carbocycles. The van der Waals surface area contributed by atoms with Crippen LogP contribution in [0, 0.1) is 19.3 Å². The number of carbonyl (C=O) groups is 1. The van der Waals surface area contributed by atoms with Gasteiger partial charge in [-0.05, 0) is 19.1 Å². The van der Waals surface area contributed by atoms with Crippen molar-refractivity contribution in [1.82, 2.24) is 9.88 Å². The van der Waals surface area contributed by atoms with E-state index in [1.165, 1.54) is 4.90 Å². The molecule has 0 unspecified atom stereocenters. The Hall–Kier alpha value is -2.34. The Morgan fingerprint density at radius 2 is 2.17 bits per heavy atom. The first-order chi connectivity index (χ1) is 8.63. The van der Waals surface area contributed by atoms with Crippen molar-refractivity contribution in [2.75, 3.05) is 13.6 Å². The SMILES string of the molecule is C#CCN(C)C(=O)c1cc(C)nc2ccccc12. The summed E-state index contributed by atoms with van der Waals surface area (Å²) in [5.41, 5.74) is 2.30. The lowest BCUT2D eigenvalue weighted by Gasteiger charge is -2.15. The molecule has 2 aromatic rings. The van der Waals surface area contributed by atoms with Crippen LogP contribution in [0.2, 0.25) is 0 Å². The second-order valence-electron chi connectivity index (χ2n) is 4.19. The lowest BCUT2D eigenvalue weighted by Crippen LogP contribution is -2.27. The zero-order valence-electron chi connectivity index (χ0n) is 10.5. The number of carbonyl (C=O) groups excluding carboxylic acids is 1. The quantitative estimate of drug-likeness (QED) is 0.752. The molecule has 0 fully saturated rings. The normalized spacial score (nSPS) is 10.1. The van der Waals surface area contributed by atoms with E-state index in [1.807, 2.05) is 31.2 Å². The van der Waals surface area contributed by atoms with Crippen molar-refractivity contribution in [2.45, 2.75) is 6.92 Å². The molecule has 1 aromatic carbocycles. The molecule has 0 bridgehead atoms. The first kappa shape index (κ1) is 12.1. The fraction of sp³-hybridized carbons (Fsp3) is 0.200. The van der Waals surface area contributed by atoms with Crippen LogP contribution in [0.3, 0.4) is 0 Å². The minimum Gasteiger partial charge on any atom is -0.331 e. The summed E-state index contributed by atoms with van der Waals surface area (Å²) in [7, 11) is 1.70. The van der Waals surface area contributed by atoms with E-state index in [0.29, 0.717) is 12.1 Å². The van der Waals surface area contributed by atoms with Gasteiger partial charge in [0.25, 0.3) is 5.91 Å². The summed E-state index contributed by atoms with van der Waals surface area (Å²) in [4.78, 5) is 18.2. The largest absolute Gasteiger partial charge is 0.331 e. The van der Waals surface area contributed by atoms with Crippen molar-refractivity contribution in [1.29, 1.82) is 0 Å². The first-order valence-electron chi connectivity index (χ1n) is 5.69. The Labute approximate surface area is 106 Å². The standard InChI is InChI=1S/C15H14N2O/c1-4-9-17(3)15(18)13-10-11(2)16-14-8-6-5-7-12(13)14/h1,5-8,10H,9H2,2-3H3. The molecule has 1 heterocycles. The molecular weight excluding hydrogens is 224 g/mol. The van der Waals surface area contributed by atoms with Crippen molar-refractivity contribution in [2.24, 2.45) is 0 Å². The number of para-hydroxylation sites is 1. The van der Waals surface area contributed by atoms with E-state index in [2.05, 4.69) is 10.9 Å². The molecule has 90 valence electrons. The van der Waals surface area contributed by atoms with E-state index in [-0.39, 0.29) is 5.91 Å². The molecule has 0 atom stereocenters. The first-order valence-corrected chi connectivity index (χ1v) is 5.69. The highest BCUT2D eigenvalue weighted by Gasteiger charge is 2.15. The number of hydrogen-bond acceptors (Lipinski definition) is 2. The van der Waals surface area contributed by atoms with Crippen LogP contribution in [-0.4, -0.2) is 29.4 Å². The van der Waals surface area contributed by atoms with Crippen molar-refractivity contribution >= 4 is 16.8 Å². The van der Waals surface area contributed by atoms with Crippen LogP contribution < -0.4 is 0 Å². The van der Waals surface area contributed by atoms with Crippen LogP contribution >= 0.6 is 0 Å². The molecule has 18 heavy (non-hydrogen) atoms. The predicted octanol–water partition coefficient (Wildman–Crippen LogP) is 2.25. The zero-order valence-corrected chi connectivity index (χ0v) is 10.5. The van der Waals surface area contributed by atoms with Crippen LogP contribution in [0.25, 0.3) is 10.9 Å². The van der Waals surface area contributed by atoms with Gasteiger partial charge in [-0.25, -0.2) is 0 Å². The van der Waals surface area contributed by atoms with Crippen molar-refractivity contribution in [3.05, 3.63) is 41.6 Å². The molecule has 1 aromatic heterocycles. The molecule has 0 saturated heterocycles. The number of amides is 1. The predicted molar refractivity (Wildman–Crippen MR) is 72.3 cm³/mol. The monoisotopic (exact) mass is 238 g/mol. The summed E-state index contributed by atoms with van der Waals surface area (Å²) in [6.45, 7) is 2.18. The molecule has 0 saturated carbocycles. The van der Waals surface area contributed by atoms with Gasteiger partial charge in [0.1, 0.15) is 0 Å². The van der Waals surface area contributed by atoms with E-state index in [0.717, 1.165) is 16.6 Å². The Morgan fingerprint density at radius 1 is 1.44 bits per heavy atom. The number of terminal acetylenes is 1. The highest BCUT2D eigenvalue weighted by atomic mass is 16.2. The minimum atomic E-state index is -0.0744. The van der Waals surface area contributed by atoms with Gasteiger partial charge >= 0.3 is 0 Å². The van der Waals surface area contributed by atoms with Gasteiger partial charge < -0.3 is 4.90 Å². The van der Waals surface area contributed by atoms with E-state index in [1.54, 1.807) is 13.1 Å². The Kier molecular flexibility index (Phi) is 3.29. The van der Waals surface area contributed by atoms with Gasteiger partial charge in [-0.1, -0.05) is 24.1 Å². The van der Waals surface area contributed by atoms with Crippen LogP contribution in [0.15, 0.2) is 30.3 Å². The number of hydrogen-bond donors (Lipinski definition) is 0. The van der Waals surface area contributed by atoms with Crippen LogP contribution in [0.5, 0.6) is 0 Å². The fourth-order valence-corrected chi connectivity index (χ4v) is 1.90. The molecule has 3 nitrogen and oxygen atoms in total. The molecule has 0 spiro atoms. The topological polar surface area (TPSA) is 33.2 Å². The summed E-state index contributed by atoms with van der Waals surface area (Å²) in [6.07, 6.45) is 5.23. The van der Waals surface area contributed by atoms with E-state index < -0.39 is 0 Å². The molecule has 0 N–H and O–H groups in total. The van der Waals surface area contributed by atoms with E-state index in [4.69, 9.17) is 6.42 Å². The second kappa shape index (κ2) is 4.89. The smallest absolute Gasteiger partial charge is 0.255 e. The van der Waals surface area contributed by atoms with Gasteiger partial charge in [0, 0.05) is 18.1 Å². The maximum Gasteiger partial charge on any atom is 0.255 e. The number of nitrogens with zero attached hydrogens (tertiary/aromatic N) is 2. The number of pyridine rings is 1. The van der Waals surface area contributed by atoms with Crippen LogP contribution in [0.1, 0.15) is 16.1 Å². The van der Waals surface area contributed by atoms with Crippen LogP contribution in [-0.2, 0) is 0 Å². The minimum absolute atomic E-state index is 0.0744. The number of fused-ring (bicyclic) bond motifs is 1. The molecule has 2 rings (SSSR count). The maximum atomic E-state index is 12.3. The average molecular weight is 238 g/mol. The Morgan fingerprint density at radius 3 is 2.89 bits per heavy atom. The van der Waals surface area contributed by atoms with Gasteiger partial charge in [0.05, 0.1) is 17.6 Å². The van der Waals surface area contributed by atoms with Crippen molar-refractivity contribution in [3.63, 3.8) is 0 Å². The number of rotatable bonds is 2. The summed E-state index contributed by atoms with van der Waals surface area (Å²) in [6, 6.07) is 9.42. The summed E-state index contributed by atoms with van der Waals surface area (Å²) >= 11 is 0. The fourth-order valence-electron chi connectivity index (χ4n) is 1.90. The molecule has 0 aliphatic rings. The molecule has 0 aliphatic heterocycles. The van der Waals surface area contributed by atoms with Gasteiger partial charge in [-0.15, -0.1) is 6.42 Å². The Bertz CT molecular complexity index is 640. The highest BCUT2D eigenvalue weighted by molar-refractivity contribution is 6.06. The summed E-state index contributed by atoms with van der Waals surface area (Å²) in [5.74, 6) is 2.40. The average Bonchev–Trinajstić information content (AvgIpc) is 2.37. The summed E-state index contributed by atoms with van der Waals surface area (Å²) < 4.78 is 0. The molecule has 0 radical (unpaired) electrons. The number of benzene rings is 1. The molecule has 1 amide bonds. The maximum absolute atomic E-state index is 12.3. The molecular formula is C15H14N2O. The highest BCUT2D eigenvalue weighted by Crippen LogP contribution is 2.19. The number of aryl methyl sites for hydroxylation is 1. The van der Waals surface area contributed by atoms with E-state index >= 15 is 0 Å².